The molecule has 1 aromatic carbocycles. The molecule has 2 aromatic heterocycles. The monoisotopic (exact) mass is 295 g/mol. The molecule has 0 radical (unpaired) electrons. The van der Waals surface area contributed by atoms with Gasteiger partial charge in [0.15, 0.2) is 0 Å². The number of hydrogen-bond donors (Lipinski definition) is 1. The molecule has 0 aliphatic rings. The predicted molar refractivity (Wildman–Crippen MR) is 86.2 cm³/mol. The maximum absolute atomic E-state index is 9.03. The van der Waals surface area contributed by atoms with Crippen LogP contribution in [0.3, 0.4) is 0 Å². The van der Waals surface area contributed by atoms with Crippen LogP contribution >= 0.6 is 11.3 Å². The van der Waals surface area contributed by atoms with E-state index in [0.717, 1.165) is 21.7 Å². The highest BCUT2D eigenvalue weighted by molar-refractivity contribution is 7.16. The molecule has 0 amide bonds. The molecule has 1 N–H and O–H groups in total. The van der Waals surface area contributed by atoms with Gasteiger partial charge < -0.3 is 10.2 Å². The summed E-state index contributed by atoms with van der Waals surface area (Å²) < 4.78 is 0. The molecule has 0 bridgehead atoms. The van der Waals surface area contributed by atoms with E-state index in [2.05, 4.69) is 21.4 Å². The number of anilines is 3. The average molecular weight is 295 g/mol. The standard InChI is InChI=1S/C15H13N5S/c1-17-15-18-13(12-6-7-21-14(12)19-15)20(2)11-5-3-4-10(8-11)9-16/h3-8H,1-2H3,(H,17,18,19). The minimum absolute atomic E-state index is 0.586. The van der Waals surface area contributed by atoms with Gasteiger partial charge in [0.25, 0.3) is 0 Å². The number of aromatic nitrogens is 2. The van der Waals surface area contributed by atoms with E-state index in [9.17, 15) is 0 Å². The molecule has 5 nitrogen and oxygen atoms in total. The van der Waals surface area contributed by atoms with E-state index >= 15 is 0 Å². The van der Waals surface area contributed by atoms with Crippen molar-refractivity contribution >= 4 is 39.0 Å². The molecule has 0 fully saturated rings. The smallest absolute Gasteiger partial charge is 0.225 e. The number of benzene rings is 1. The first kappa shape index (κ1) is 13.3. The minimum Gasteiger partial charge on any atom is -0.357 e. The fourth-order valence-electron chi connectivity index (χ4n) is 2.11. The third-order valence-corrected chi connectivity index (χ3v) is 4.02. The Morgan fingerprint density at radius 3 is 2.90 bits per heavy atom. The van der Waals surface area contributed by atoms with Gasteiger partial charge in [-0.05, 0) is 29.6 Å². The molecule has 21 heavy (non-hydrogen) atoms. The highest BCUT2D eigenvalue weighted by atomic mass is 32.1. The van der Waals surface area contributed by atoms with Gasteiger partial charge in [0.1, 0.15) is 10.6 Å². The van der Waals surface area contributed by atoms with Gasteiger partial charge in [-0.3, -0.25) is 0 Å². The van der Waals surface area contributed by atoms with Gasteiger partial charge in [-0.1, -0.05) is 6.07 Å². The predicted octanol–water partition coefficient (Wildman–Crippen LogP) is 3.37. The summed E-state index contributed by atoms with van der Waals surface area (Å²) >= 11 is 1.58. The number of thiophene rings is 1. The van der Waals surface area contributed by atoms with Crippen LogP contribution in [-0.2, 0) is 0 Å². The van der Waals surface area contributed by atoms with Gasteiger partial charge in [0.05, 0.1) is 17.0 Å². The summed E-state index contributed by atoms with van der Waals surface area (Å²) in [6.07, 6.45) is 0. The van der Waals surface area contributed by atoms with Crippen LogP contribution in [0.1, 0.15) is 5.56 Å². The van der Waals surface area contributed by atoms with Crippen molar-refractivity contribution in [1.29, 1.82) is 5.26 Å². The number of nitriles is 1. The molecule has 0 atom stereocenters. The Kier molecular flexibility index (Phi) is 3.42. The largest absolute Gasteiger partial charge is 0.357 e. The van der Waals surface area contributed by atoms with Gasteiger partial charge in [-0.25, -0.2) is 4.98 Å². The zero-order valence-corrected chi connectivity index (χ0v) is 12.5. The number of hydrogen-bond acceptors (Lipinski definition) is 6. The van der Waals surface area contributed by atoms with E-state index < -0.39 is 0 Å². The zero-order valence-electron chi connectivity index (χ0n) is 11.7. The van der Waals surface area contributed by atoms with Crippen molar-refractivity contribution in [3.8, 4) is 6.07 Å². The fraction of sp³-hybridized carbons (Fsp3) is 0.133. The summed E-state index contributed by atoms with van der Waals surface area (Å²) in [4.78, 5) is 11.9. The number of fused-ring (bicyclic) bond motifs is 1. The Balaban J connectivity index is 2.14. The first-order valence-electron chi connectivity index (χ1n) is 6.40. The van der Waals surface area contributed by atoms with Crippen LogP contribution in [-0.4, -0.2) is 24.1 Å². The molecule has 2 heterocycles. The maximum atomic E-state index is 9.03. The van der Waals surface area contributed by atoms with Crippen LogP contribution in [0.5, 0.6) is 0 Å². The molecule has 3 rings (SSSR count). The van der Waals surface area contributed by atoms with Crippen LogP contribution in [0.4, 0.5) is 17.5 Å². The van der Waals surface area contributed by atoms with Crippen LogP contribution < -0.4 is 10.2 Å². The molecular weight excluding hydrogens is 282 g/mol. The molecule has 0 saturated heterocycles. The summed E-state index contributed by atoms with van der Waals surface area (Å²) in [5.41, 5.74) is 1.55. The lowest BCUT2D eigenvalue weighted by atomic mass is 10.2. The highest BCUT2D eigenvalue weighted by Crippen LogP contribution is 2.32. The summed E-state index contributed by atoms with van der Waals surface area (Å²) in [5, 5.41) is 15.0. The van der Waals surface area contributed by atoms with Crippen molar-refractivity contribution in [2.45, 2.75) is 0 Å². The van der Waals surface area contributed by atoms with E-state index in [0.29, 0.717) is 11.5 Å². The Bertz CT molecular complexity index is 833. The Morgan fingerprint density at radius 1 is 1.29 bits per heavy atom. The van der Waals surface area contributed by atoms with E-state index in [4.69, 9.17) is 5.26 Å². The minimum atomic E-state index is 0.586. The van der Waals surface area contributed by atoms with Gasteiger partial charge >= 0.3 is 0 Å². The lowest BCUT2D eigenvalue weighted by Crippen LogP contribution is -2.13. The van der Waals surface area contributed by atoms with Gasteiger partial charge in [-0.2, -0.15) is 10.2 Å². The fourth-order valence-corrected chi connectivity index (χ4v) is 2.87. The molecule has 3 aromatic rings. The summed E-state index contributed by atoms with van der Waals surface area (Å²) in [6, 6.07) is 11.6. The molecule has 0 aliphatic heterocycles. The molecule has 0 spiro atoms. The average Bonchev–Trinajstić information content (AvgIpc) is 3.01. The van der Waals surface area contributed by atoms with Crippen molar-refractivity contribution < 1.29 is 0 Å². The van der Waals surface area contributed by atoms with E-state index in [1.165, 1.54) is 0 Å². The van der Waals surface area contributed by atoms with Crippen LogP contribution in [0.25, 0.3) is 10.2 Å². The van der Waals surface area contributed by atoms with Crippen molar-refractivity contribution in [2.24, 2.45) is 0 Å². The maximum Gasteiger partial charge on any atom is 0.225 e. The zero-order chi connectivity index (χ0) is 14.8. The molecule has 0 unspecified atom stereocenters. The lowest BCUT2D eigenvalue weighted by molar-refractivity contribution is 1.11. The van der Waals surface area contributed by atoms with Crippen molar-refractivity contribution in [2.75, 3.05) is 24.3 Å². The highest BCUT2D eigenvalue weighted by Gasteiger charge is 2.14. The Labute approximate surface area is 126 Å². The molecule has 0 aliphatic carbocycles. The lowest BCUT2D eigenvalue weighted by Gasteiger charge is -2.20. The summed E-state index contributed by atoms with van der Waals surface area (Å²) in [5.74, 6) is 1.41. The number of nitrogens with zero attached hydrogens (tertiary/aromatic N) is 4. The second kappa shape index (κ2) is 5.38. The van der Waals surface area contributed by atoms with E-state index in [1.807, 2.05) is 41.6 Å². The van der Waals surface area contributed by atoms with E-state index in [-0.39, 0.29) is 0 Å². The number of rotatable bonds is 3. The van der Waals surface area contributed by atoms with Crippen molar-refractivity contribution in [3.63, 3.8) is 0 Å². The van der Waals surface area contributed by atoms with Gasteiger partial charge in [-0.15, -0.1) is 11.3 Å². The molecular formula is C15H13N5S. The van der Waals surface area contributed by atoms with Crippen LogP contribution in [0.2, 0.25) is 0 Å². The normalized spacial score (nSPS) is 10.3. The van der Waals surface area contributed by atoms with Crippen molar-refractivity contribution in [3.05, 3.63) is 41.3 Å². The Morgan fingerprint density at radius 2 is 2.14 bits per heavy atom. The molecule has 6 heteroatoms. The second-order valence-corrected chi connectivity index (χ2v) is 5.38. The van der Waals surface area contributed by atoms with Crippen LogP contribution in [0.15, 0.2) is 35.7 Å². The van der Waals surface area contributed by atoms with Crippen molar-refractivity contribution in [1.82, 2.24) is 9.97 Å². The van der Waals surface area contributed by atoms with Gasteiger partial charge in [0.2, 0.25) is 5.95 Å². The third-order valence-electron chi connectivity index (χ3n) is 3.21. The summed E-state index contributed by atoms with van der Waals surface area (Å²) in [7, 11) is 3.74. The molecule has 0 saturated carbocycles. The quantitative estimate of drug-likeness (QED) is 0.802. The SMILES string of the molecule is CNc1nc(N(C)c2cccc(C#N)c2)c2ccsc2n1. The van der Waals surface area contributed by atoms with Crippen LogP contribution in [0, 0.1) is 11.3 Å². The third kappa shape index (κ3) is 2.39. The summed E-state index contributed by atoms with van der Waals surface area (Å²) in [6.45, 7) is 0. The first-order valence-corrected chi connectivity index (χ1v) is 7.28. The molecule has 104 valence electrons. The second-order valence-electron chi connectivity index (χ2n) is 4.48. The number of nitrogens with one attached hydrogen (secondary N) is 1. The van der Waals surface area contributed by atoms with Gasteiger partial charge in [0, 0.05) is 19.8 Å². The van der Waals surface area contributed by atoms with E-state index in [1.54, 1.807) is 24.5 Å². The topological polar surface area (TPSA) is 64.8 Å². The Hall–Kier alpha value is -2.65. The first-order chi connectivity index (χ1) is 10.2.